The van der Waals surface area contributed by atoms with Crippen molar-refractivity contribution in [1.82, 2.24) is 28.9 Å². The summed E-state index contributed by atoms with van der Waals surface area (Å²) in [7, 11) is 1.27. The fraction of sp³-hybridized carbons (Fsp3) is 0.633. The van der Waals surface area contributed by atoms with Crippen LogP contribution in [0.2, 0.25) is 0 Å². The lowest BCUT2D eigenvalue weighted by atomic mass is 10.2. The molecule has 4 N–H and O–H groups in total. The first kappa shape index (κ1) is 39.7. The number of hydrogen-bond donors (Lipinski definition) is 4. The summed E-state index contributed by atoms with van der Waals surface area (Å²) < 4.78 is 7.36. The molecule has 0 bridgehead atoms. The van der Waals surface area contributed by atoms with Crippen molar-refractivity contribution in [3.63, 3.8) is 0 Å². The Balaban J connectivity index is 0.000000476. The Morgan fingerprint density at radius 2 is 1.20 bits per heavy atom. The first-order valence-corrected chi connectivity index (χ1v) is 15.5. The second-order valence-corrected chi connectivity index (χ2v) is 11.0. The summed E-state index contributed by atoms with van der Waals surface area (Å²) in [5.41, 5.74) is -3.70. The molecule has 0 fully saturated rings. The van der Waals surface area contributed by atoms with Gasteiger partial charge in [-0.1, -0.05) is 66.2 Å². The lowest BCUT2D eigenvalue weighted by molar-refractivity contribution is 0.132. The topological polar surface area (TPSA) is 213 Å². The lowest BCUT2D eigenvalue weighted by Gasteiger charge is -2.12. The number of hydrogen-bond acceptors (Lipinski definition) is 10. The third-order valence-corrected chi connectivity index (χ3v) is 6.63. The van der Waals surface area contributed by atoms with Crippen LogP contribution in [-0.2, 0) is 25.0 Å². The summed E-state index contributed by atoms with van der Waals surface area (Å²) >= 11 is 0. The van der Waals surface area contributed by atoms with Gasteiger partial charge in [0.25, 0.3) is 11.1 Å². The van der Waals surface area contributed by atoms with Crippen molar-refractivity contribution in [3.05, 3.63) is 65.2 Å². The van der Waals surface area contributed by atoms with E-state index in [1.165, 1.54) is 7.05 Å². The number of carbonyl (C=O) groups is 3. The molecular weight excluding hydrogens is 604 g/mol. The molecule has 16 heteroatoms. The van der Waals surface area contributed by atoms with Crippen LogP contribution < -0.4 is 33.1 Å². The van der Waals surface area contributed by atoms with Crippen LogP contribution in [-0.4, -0.2) is 66.3 Å². The number of ether oxygens (including phenoxy) is 1. The van der Waals surface area contributed by atoms with Crippen molar-refractivity contribution >= 4 is 18.2 Å². The van der Waals surface area contributed by atoms with E-state index in [9.17, 15) is 38.7 Å². The van der Waals surface area contributed by atoms with Crippen molar-refractivity contribution in [3.8, 4) is 0 Å². The average Bonchev–Trinajstić information content (AvgIpc) is 3.03. The Kier molecular flexibility index (Phi) is 17.8. The molecule has 0 aromatic carbocycles. The maximum atomic E-state index is 12.4. The third kappa shape index (κ3) is 11.9. The van der Waals surface area contributed by atoms with E-state index in [-0.39, 0.29) is 28.2 Å². The van der Waals surface area contributed by atoms with E-state index in [4.69, 9.17) is 9.84 Å². The van der Waals surface area contributed by atoms with Crippen molar-refractivity contribution in [2.24, 2.45) is 13.0 Å². The zero-order valence-electron chi connectivity index (χ0n) is 27.4. The number of nitrogens with zero attached hydrogens (tertiary/aromatic N) is 4. The molecule has 0 spiro atoms. The first-order chi connectivity index (χ1) is 21.9. The highest BCUT2D eigenvalue weighted by atomic mass is 16.6. The van der Waals surface area contributed by atoms with Crippen LogP contribution in [0.1, 0.15) is 90.2 Å². The maximum Gasteiger partial charge on any atom is 0.425 e. The zero-order valence-corrected chi connectivity index (χ0v) is 27.4. The third-order valence-electron chi connectivity index (χ3n) is 6.63. The van der Waals surface area contributed by atoms with E-state index in [2.05, 4.69) is 24.5 Å². The highest BCUT2D eigenvalue weighted by Crippen LogP contribution is 1.99. The summed E-state index contributed by atoms with van der Waals surface area (Å²) in [6.07, 6.45) is 8.70. The van der Waals surface area contributed by atoms with Gasteiger partial charge in [-0.05, 0) is 18.8 Å². The van der Waals surface area contributed by atoms with Crippen LogP contribution >= 0.6 is 0 Å². The minimum atomic E-state index is -1.17. The Labute approximate surface area is 266 Å². The van der Waals surface area contributed by atoms with Gasteiger partial charge in [0.05, 0.1) is 30.9 Å². The largest absolute Gasteiger partial charge is 0.448 e. The second kappa shape index (κ2) is 20.7. The van der Waals surface area contributed by atoms with Crippen LogP contribution in [0.5, 0.6) is 0 Å². The van der Waals surface area contributed by atoms with Crippen LogP contribution in [0.25, 0.3) is 0 Å². The highest BCUT2D eigenvalue weighted by molar-refractivity contribution is 5.78. The van der Waals surface area contributed by atoms with Crippen molar-refractivity contribution < 1.29 is 29.3 Å². The standard InChI is InChI=1S/C17H27N3O6.C13H21N3O4/c1-4-5-6-7-8-18-15(23)19-9-13(10-21)14(22)20(16(19)24)17(25)26-11-12(2)3;1-3-4-5-6-7-14-12(19)16-8-10(9-17)11(18)15(2)13(16)20/h9,12,21H,4-8,10-11H2,1-3H3,(H,18,23);8,17H,3-7,9H2,1-2H3,(H,14,19). The van der Waals surface area contributed by atoms with Gasteiger partial charge in [0.15, 0.2) is 0 Å². The van der Waals surface area contributed by atoms with E-state index < -0.39 is 53.9 Å². The van der Waals surface area contributed by atoms with Crippen molar-refractivity contribution in [2.75, 3.05) is 19.7 Å². The van der Waals surface area contributed by atoms with Crippen LogP contribution in [0.15, 0.2) is 31.6 Å². The van der Waals surface area contributed by atoms with Crippen LogP contribution in [0, 0.1) is 5.92 Å². The van der Waals surface area contributed by atoms with Gasteiger partial charge in [-0.15, -0.1) is 0 Å². The summed E-state index contributed by atoms with van der Waals surface area (Å²) in [6.45, 7) is 7.36. The molecule has 2 rings (SSSR count). The number of aliphatic hydroxyl groups is 2. The Morgan fingerprint density at radius 1 is 0.739 bits per heavy atom. The summed E-state index contributed by atoms with van der Waals surface area (Å²) in [5, 5.41) is 23.5. The quantitative estimate of drug-likeness (QED) is 0.216. The summed E-state index contributed by atoms with van der Waals surface area (Å²) in [6, 6.07) is -1.36. The fourth-order valence-corrected chi connectivity index (χ4v) is 3.97. The van der Waals surface area contributed by atoms with Gasteiger partial charge in [0, 0.05) is 32.5 Å². The first-order valence-electron chi connectivity index (χ1n) is 15.5. The molecule has 0 atom stereocenters. The SMILES string of the molecule is CCCCCCNC(=O)n1cc(CO)c(=O)n(C(=O)OCC(C)C)c1=O.CCCCCCNC(=O)n1cc(CO)c(=O)n(C)c1=O. The van der Waals surface area contributed by atoms with E-state index in [1.54, 1.807) is 13.8 Å². The molecule has 0 aliphatic heterocycles. The molecule has 46 heavy (non-hydrogen) atoms. The minimum Gasteiger partial charge on any atom is -0.448 e. The number of rotatable bonds is 14. The Hall–Kier alpha value is -4.31. The molecule has 2 amide bonds. The molecule has 0 saturated heterocycles. The van der Waals surface area contributed by atoms with E-state index >= 15 is 0 Å². The number of nitrogens with one attached hydrogen (secondary N) is 2. The smallest absolute Gasteiger partial charge is 0.425 e. The molecule has 0 unspecified atom stereocenters. The molecule has 16 nitrogen and oxygen atoms in total. The van der Waals surface area contributed by atoms with Gasteiger partial charge in [0.2, 0.25) is 0 Å². The summed E-state index contributed by atoms with van der Waals surface area (Å²) in [4.78, 5) is 84.2. The van der Waals surface area contributed by atoms with E-state index in [0.717, 1.165) is 72.9 Å². The Morgan fingerprint density at radius 3 is 1.63 bits per heavy atom. The predicted molar refractivity (Wildman–Crippen MR) is 170 cm³/mol. The molecule has 2 aromatic heterocycles. The highest BCUT2D eigenvalue weighted by Gasteiger charge is 2.21. The summed E-state index contributed by atoms with van der Waals surface area (Å²) in [5.74, 6) is 0.00400. The minimum absolute atomic E-state index is 0.00400. The average molecular weight is 653 g/mol. The van der Waals surface area contributed by atoms with Gasteiger partial charge in [-0.3, -0.25) is 14.2 Å². The predicted octanol–water partition coefficient (Wildman–Crippen LogP) is 1.46. The molecular formula is C30H48N6O10. The van der Waals surface area contributed by atoms with Gasteiger partial charge in [-0.25, -0.2) is 33.1 Å². The van der Waals surface area contributed by atoms with Crippen molar-refractivity contribution in [1.29, 1.82) is 0 Å². The van der Waals surface area contributed by atoms with E-state index in [0.29, 0.717) is 17.7 Å². The van der Waals surface area contributed by atoms with Crippen LogP contribution in [0.4, 0.5) is 14.4 Å². The number of amides is 2. The van der Waals surface area contributed by atoms with Gasteiger partial charge >= 0.3 is 29.5 Å². The maximum absolute atomic E-state index is 12.4. The molecule has 258 valence electrons. The zero-order chi connectivity index (χ0) is 34.8. The fourth-order valence-electron chi connectivity index (χ4n) is 3.97. The normalized spacial score (nSPS) is 10.7. The molecule has 0 radical (unpaired) electrons. The van der Waals surface area contributed by atoms with Crippen molar-refractivity contribution in [2.45, 2.75) is 92.3 Å². The number of aromatic nitrogens is 4. The lowest BCUT2D eigenvalue weighted by Crippen LogP contribution is -2.49. The molecule has 0 saturated carbocycles. The monoisotopic (exact) mass is 652 g/mol. The molecule has 2 aromatic rings. The van der Waals surface area contributed by atoms with Gasteiger partial charge in [0.1, 0.15) is 0 Å². The number of aliphatic hydroxyl groups excluding tert-OH is 2. The van der Waals surface area contributed by atoms with E-state index in [1.807, 2.05) is 0 Å². The van der Waals surface area contributed by atoms with Gasteiger partial charge in [-0.2, -0.15) is 4.57 Å². The molecule has 0 aliphatic rings. The molecule has 2 heterocycles. The van der Waals surface area contributed by atoms with Gasteiger partial charge < -0.3 is 25.6 Å². The molecule has 0 aliphatic carbocycles. The second-order valence-electron chi connectivity index (χ2n) is 11.0. The number of unbranched alkanes of at least 4 members (excludes halogenated alkanes) is 6. The van der Waals surface area contributed by atoms with Crippen LogP contribution in [0.3, 0.4) is 0 Å². The Bertz CT molecular complexity index is 1540. The number of carbonyl (C=O) groups excluding carboxylic acids is 3.